The van der Waals surface area contributed by atoms with Crippen LogP contribution in [0, 0.1) is 5.92 Å². The molecule has 2 heterocycles. The van der Waals surface area contributed by atoms with Gasteiger partial charge in [0, 0.05) is 6.92 Å². The number of aliphatic hydroxyl groups excluding tert-OH is 6. The lowest BCUT2D eigenvalue weighted by molar-refractivity contribution is -0.344. The molecular weight excluding hydrogens is 1780 g/mol. The Kier molecular flexibility index (Phi) is 70.5. The molecule has 0 spiro atoms. The number of allylic oxidation sites excluding steroid dienone is 40. The summed E-state index contributed by atoms with van der Waals surface area (Å²) in [7, 11) is -10.8. The number of rotatable bonds is 73. The van der Waals surface area contributed by atoms with Gasteiger partial charge in [0.05, 0.1) is 19.8 Å². The van der Waals surface area contributed by atoms with Crippen molar-refractivity contribution in [2.24, 2.45) is 5.92 Å². The zero-order chi connectivity index (χ0) is 104. The highest BCUT2D eigenvalue weighted by molar-refractivity contribution is 7.61. The van der Waals surface area contributed by atoms with Gasteiger partial charge < -0.3 is 60.0 Å². The van der Waals surface area contributed by atoms with Gasteiger partial charge in [-0.05, 0) is 415 Å². The molecule has 0 bridgehead atoms. The molecular formula is C119H197NO17P2. The Hall–Kier alpha value is -5.83. The molecule has 3 unspecified atom stereocenters. The zero-order valence-corrected chi connectivity index (χ0v) is 92.9. The summed E-state index contributed by atoms with van der Waals surface area (Å²) in [6.07, 6.45) is 76.7. The molecule has 2 aliphatic rings. The molecule has 0 aromatic carbocycles. The van der Waals surface area contributed by atoms with Crippen LogP contribution < -0.4 is 5.32 Å². The summed E-state index contributed by atoms with van der Waals surface area (Å²) in [5.41, 5.74) is 29.6. The van der Waals surface area contributed by atoms with E-state index in [1.165, 1.54) is 131 Å². The average Bonchev–Trinajstić information content (AvgIpc) is 0.774. The highest BCUT2D eigenvalue weighted by atomic mass is 31.3. The summed E-state index contributed by atoms with van der Waals surface area (Å²) in [5.74, 6) is -0.766. The molecule has 0 radical (unpaired) electrons. The first-order chi connectivity index (χ1) is 65.9. The van der Waals surface area contributed by atoms with Crippen molar-refractivity contribution >= 4 is 21.6 Å². The van der Waals surface area contributed by atoms with Gasteiger partial charge in [-0.25, -0.2) is 9.13 Å². The number of ether oxygens (including phenoxy) is 3. The van der Waals surface area contributed by atoms with Crippen molar-refractivity contribution in [1.82, 2.24) is 5.32 Å². The predicted octanol–water partition coefficient (Wildman–Crippen LogP) is 31.6. The molecule has 18 nitrogen and oxygen atoms in total. The van der Waals surface area contributed by atoms with E-state index in [-0.39, 0.29) is 12.5 Å². The third-order valence-electron chi connectivity index (χ3n) is 26.5. The number of amides is 1. The van der Waals surface area contributed by atoms with Gasteiger partial charge in [-0.2, -0.15) is 4.31 Å². The summed E-state index contributed by atoms with van der Waals surface area (Å²) < 4.78 is 57.0. The first-order valence-corrected chi connectivity index (χ1v) is 55.9. The highest BCUT2D eigenvalue weighted by Gasteiger charge is 2.53. The number of nitrogens with one attached hydrogen (secondary N) is 1. The van der Waals surface area contributed by atoms with Crippen LogP contribution in [0.4, 0.5) is 0 Å². The quantitative estimate of drug-likeness (QED) is 0.0202. The summed E-state index contributed by atoms with van der Waals surface area (Å²) in [6.45, 7) is 48.6. The summed E-state index contributed by atoms with van der Waals surface area (Å²) in [4.78, 5) is 33.1. The average molecular weight is 1980 g/mol. The van der Waals surface area contributed by atoms with Crippen molar-refractivity contribution < 1.29 is 81.9 Å². The third kappa shape index (κ3) is 66.0. The molecule has 2 fully saturated rings. The maximum atomic E-state index is 13.1. The van der Waals surface area contributed by atoms with E-state index in [0.29, 0.717) is 6.42 Å². The van der Waals surface area contributed by atoms with E-state index >= 15 is 0 Å². The SMILES string of the molecule is CC(=O)N[C@H]1[C@@H](OP(=O)(O)OP(=O)(O)OCCC(C)CC/C=C(\C)CC/C=C(\C)CC/C=C(\C)CC/C=C(\C)CC/C=C(\C)CC/C=C(\C)CC/C=C(\C)CC/C=C(\C)CC/C=C(\C)CC/C=C(\C)CC/C=C(\C)CC/C=C(\C)CC/C=C(\C)CC/C=C(\C)CC/C=C(\C)CC/C=C(\C)CC/C=C(\C)CC/C=C(\C)CC/C=C(\C)CCC=C(C)C)O[C@H](CO)[C@@H](O[C@@H]2O[C@H](CO)[C@@H](O)[C@H](O)[C@H]2O)[C@@H]1O. The van der Waals surface area contributed by atoms with Gasteiger partial charge in [0.2, 0.25) is 5.91 Å². The highest BCUT2D eigenvalue weighted by Crippen LogP contribution is 2.61. The fraction of sp³-hybridized carbons (Fsp3) is 0.655. The fourth-order valence-corrected chi connectivity index (χ4v) is 19.0. The second-order valence-electron chi connectivity index (χ2n) is 41.1. The zero-order valence-electron chi connectivity index (χ0n) is 91.2. The summed E-state index contributed by atoms with van der Waals surface area (Å²) in [5, 5.41) is 64.1. The molecule has 13 atom stereocenters. The summed E-state index contributed by atoms with van der Waals surface area (Å²) in [6, 6.07) is -1.76. The molecule has 0 saturated carbocycles. The van der Waals surface area contributed by atoms with Crippen LogP contribution in [0.15, 0.2) is 233 Å². The Labute approximate surface area is 846 Å². The number of hydrogen-bond donors (Lipinski definition) is 9. The number of phosphoric acid groups is 2. The van der Waals surface area contributed by atoms with Crippen molar-refractivity contribution in [1.29, 1.82) is 0 Å². The van der Waals surface area contributed by atoms with Gasteiger partial charge in [0.15, 0.2) is 12.6 Å². The Morgan fingerprint density at radius 1 is 0.295 bits per heavy atom. The van der Waals surface area contributed by atoms with Crippen molar-refractivity contribution in [3.63, 3.8) is 0 Å². The second-order valence-corrected chi connectivity index (χ2v) is 44.1. The predicted molar refractivity (Wildman–Crippen MR) is 585 cm³/mol. The minimum Gasteiger partial charge on any atom is -0.394 e. The van der Waals surface area contributed by atoms with E-state index in [9.17, 15) is 54.4 Å². The van der Waals surface area contributed by atoms with E-state index in [0.717, 1.165) is 244 Å². The number of phosphoric ester groups is 2. The van der Waals surface area contributed by atoms with Gasteiger partial charge >= 0.3 is 15.6 Å². The molecule has 1 amide bonds. The van der Waals surface area contributed by atoms with Gasteiger partial charge in [0.1, 0.15) is 48.8 Å². The summed E-state index contributed by atoms with van der Waals surface area (Å²) >= 11 is 0. The lowest BCUT2D eigenvalue weighted by atomic mass is 9.95. The molecule has 0 aliphatic carbocycles. The van der Waals surface area contributed by atoms with Gasteiger partial charge in [-0.15, -0.1) is 0 Å². The van der Waals surface area contributed by atoms with Crippen LogP contribution in [0.5, 0.6) is 0 Å². The van der Waals surface area contributed by atoms with Crippen LogP contribution in [0.1, 0.15) is 422 Å². The third-order valence-corrected chi connectivity index (χ3v) is 29.1. The molecule has 139 heavy (non-hydrogen) atoms. The van der Waals surface area contributed by atoms with Crippen molar-refractivity contribution in [2.45, 2.75) is 484 Å². The van der Waals surface area contributed by atoms with E-state index in [1.54, 1.807) is 0 Å². The molecule has 20 heteroatoms. The molecule has 0 aromatic rings. The molecule has 2 rings (SSSR count). The maximum absolute atomic E-state index is 13.1. The number of carbonyl (C=O) groups is 1. The van der Waals surface area contributed by atoms with E-state index < -0.39 is 96.1 Å². The first-order valence-electron chi connectivity index (χ1n) is 52.9. The van der Waals surface area contributed by atoms with E-state index in [2.05, 4.69) is 277 Å². The van der Waals surface area contributed by atoms with Crippen LogP contribution in [-0.4, -0.2) is 128 Å². The molecule has 2 saturated heterocycles. The van der Waals surface area contributed by atoms with Crippen LogP contribution in [0.3, 0.4) is 0 Å². The van der Waals surface area contributed by atoms with Gasteiger partial charge in [0.25, 0.3) is 0 Å². The van der Waals surface area contributed by atoms with Crippen molar-refractivity contribution in [2.75, 3.05) is 19.8 Å². The Morgan fingerprint density at radius 3 is 0.741 bits per heavy atom. The molecule has 2 aliphatic heterocycles. The number of aliphatic hydroxyl groups is 6. The minimum absolute atomic E-state index is 0.0376. The van der Waals surface area contributed by atoms with Crippen molar-refractivity contribution in [3.05, 3.63) is 233 Å². The molecule has 790 valence electrons. The smallest absolute Gasteiger partial charge is 0.394 e. The lowest BCUT2D eigenvalue weighted by Gasteiger charge is -2.47. The van der Waals surface area contributed by atoms with Crippen molar-refractivity contribution in [3.8, 4) is 0 Å². The first kappa shape index (κ1) is 129. The minimum atomic E-state index is -5.59. The fourth-order valence-electron chi connectivity index (χ4n) is 16.8. The van der Waals surface area contributed by atoms with E-state index in [1.807, 2.05) is 6.92 Å². The second kappa shape index (κ2) is 75.8. The van der Waals surface area contributed by atoms with Crippen LogP contribution >= 0.6 is 15.6 Å². The van der Waals surface area contributed by atoms with Crippen LogP contribution in [0.25, 0.3) is 0 Å². The Balaban J connectivity index is 1.56. The lowest BCUT2D eigenvalue weighted by Crippen LogP contribution is -2.67. The number of hydrogen-bond acceptors (Lipinski definition) is 15. The Morgan fingerprint density at radius 2 is 0.518 bits per heavy atom. The number of carbonyl (C=O) groups excluding carboxylic acids is 1. The van der Waals surface area contributed by atoms with Crippen LogP contribution in [0.2, 0.25) is 0 Å². The normalized spacial score (nSPS) is 22.2. The maximum Gasteiger partial charge on any atom is 0.483 e. The topological polar surface area (TPSA) is 280 Å². The monoisotopic (exact) mass is 1970 g/mol. The van der Waals surface area contributed by atoms with Crippen LogP contribution in [-0.2, 0) is 41.5 Å². The van der Waals surface area contributed by atoms with E-state index in [4.69, 9.17) is 23.3 Å². The van der Waals surface area contributed by atoms with Gasteiger partial charge in [-0.3, -0.25) is 13.8 Å². The van der Waals surface area contributed by atoms with Gasteiger partial charge in [-0.1, -0.05) is 240 Å². The molecule has 0 aromatic heterocycles. The standard InChI is InChI=1S/C119H197NO17P2/c1-88(2)44-24-45-89(3)46-25-47-90(4)48-26-49-91(5)50-27-51-92(6)52-28-53-93(7)54-29-55-94(8)56-30-57-95(9)58-31-59-96(10)60-32-61-97(11)62-33-63-98(12)64-34-65-99(13)66-35-67-100(14)68-36-69-101(15)70-37-71-102(16)72-38-73-103(17)74-39-75-104(18)76-40-77-105(19)78-41-79-106(20)80-42-81-107(21)82-43-83-108(22)84-85-132-138(128,129)137-139(130,131)136-118-112(120-109(23)123)114(125)117(111(87-122)134-118)135-119-116(127)115(126)113(124)110(86-121)133-119/h44,46,48,50,52,54,56,58,60,62,64,66,68,70,72,74,76,78,80,82,108,110-119,121-122,124-127H,24-43,45,47,49,51,53,55,57,59,61,63,65,67,69,71,73,75,77,79,81,83-87H2,1-23H3,(H,120,123)(H,128,129)(H,130,131)/b89-46+,90-48+,91-50+,92-52+,93-54+,94-56+,95-58+,96-60+,97-62+,98-64+,99-66+,100-68+,101-70+,102-72+,103-74+,104-76+,105-78+,106-80+,107-82+/t108?,110-,111-,112-,113-,114-,115+,116-,117-,118-,119+/m1/s1. The molecule has 9 N–H and O–H groups in total. The largest absolute Gasteiger partial charge is 0.483 e. The Bertz CT molecular complexity index is 4320.